The molecule has 2 aromatic carbocycles. The van der Waals surface area contributed by atoms with Crippen LogP contribution in [0.25, 0.3) is 0 Å². The molecule has 0 bridgehead atoms. The molecule has 1 atom stereocenters. The summed E-state index contributed by atoms with van der Waals surface area (Å²) in [5, 5.41) is 9.28. The summed E-state index contributed by atoms with van der Waals surface area (Å²) in [5.74, 6) is -2.58. The number of carboxylic acids is 1. The van der Waals surface area contributed by atoms with Gasteiger partial charge in [0.05, 0.1) is 11.5 Å². The normalized spacial score (nSPS) is 12.9. The van der Waals surface area contributed by atoms with Crippen LogP contribution in [0.2, 0.25) is 0 Å². The van der Waals surface area contributed by atoms with E-state index in [-0.39, 0.29) is 12.0 Å². The molecule has 1 unspecified atom stereocenters. The Balaban J connectivity index is 2.24. The molecular formula is C16H12F4O2. The molecule has 2 aromatic rings. The van der Waals surface area contributed by atoms with Crippen LogP contribution in [0.4, 0.5) is 17.6 Å². The molecule has 22 heavy (non-hydrogen) atoms. The van der Waals surface area contributed by atoms with E-state index in [9.17, 15) is 27.5 Å². The summed E-state index contributed by atoms with van der Waals surface area (Å²) >= 11 is 0. The first-order valence-electron chi connectivity index (χ1n) is 6.42. The highest BCUT2D eigenvalue weighted by atomic mass is 19.4. The first-order valence-corrected chi connectivity index (χ1v) is 6.42. The number of hydrogen-bond acceptors (Lipinski definition) is 1. The highest BCUT2D eigenvalue weighted by Gasteiger charge is 2.30. The van der Waals surface area contributed by atoms with E-state index in [1.165, 1.54) is 24.3 Å². The summed E-state index contributed by atoms with van der Waals surface area (Å²) in [6, 6.07) is 9.36. The lowest BCUT2D eigenvalue weighted by Gasteiger charge is -2.14. The third-order valence-electron chi connectivity index (χ3n) is 3.29. The zero-order chi connectivity index (χ0) is 16.3. The minimum absolute atomic E-state index is 0.0704. The molecule has 0 amide bonds. The van der Waals surface area contributed by atoms with Gasteiger partial charge in [0.15, 0.2) is 0 Å². The zero-order valence-corrected chi connectivity index (χ0v) is 11.3. The Morgan fingerprint density at radius 2 is 1.55 bits per heavy atom. The van der Waals surface area contributed by atoms with Crippen molar-refractivity contribution in [2.24, 2.45) is 0 Å². The fourth-order valence-electron chi connectivity index (χ4n) is 2.11. The predicted octanol–water partition coefficient (Wildman–Crippen LogP) is 4.26. The van der Waals surface area contributed by atoms with Gasteiger partial charge >= 0.3 is 12.1 Å². The molecule has 0 aromatic heterocycles. The highest BCUT2D eigenvalue weighted by Crippen LogP contribution is 2.31. The van der Waals surface area contributed by atoms with E-state index in [0.717, 1.165) is 24.3 Å². The molecule has 0 spiro atoms. The van der Waals surface area contributed by atoms with E-state index < -0.39 is 29.4 Å². The smallest absolute Gasteiger partial charge is 0.416 e. The van der Waals surface area contributed by atoms with Crippen LogP contribution >= 0.6 is 0 Å². The van der Waals surface area contributed by atoms with Crippen molar-refractivity contribution in [1.82, 2.24) is 0 Å². The summed E-state index contributed by atoms with van der Waals surface area (Å²) in [5.41, 5.74) is 0.0284. The molecule has 2 nitrogen and oxygen atoms in total. The maximum atomic E-state index is 12.8. The van der Waals surface area contributed by atoms with Crippen molar-refractivity contribution in [1.29, 1.82) is 0 Å². The molecular weight excluding hydrogens is 300 g/mol. The summed E-state index contributed by atoms with van der Waals surface area (Å²) in [6.07, 6.45) is -4.39. The quantitative estimate of drug-likeness (QED) is 0.857. The molecule has 0 radical (unpaired) electrons. The Kier molecular flexibility index (Phi) is 4.49. The SMILES string of the molecule is O=C(O)C(Cc1ccc(F)cc1)c1ccc(C(F)(F)F)cc1. The van der Waals surface area contributed by atoms with E-state index in [2.05, 4.69) is 0 Å². The number of alkyl halides is 3. The molecule has 0 heterocycles. The molecule has 0 aliphatic carbocycles. The van der Waals surface area contributed by atoms with Gasteiger partial charge in [0.1, 0.15) is 5.82 Å². The maximum absolute atomic E-state index is 12.8. The van der Waals surface area contributed by atoms with Gasteiger partial charge in [-0.2, -0.15) is 13.2 Å². The van der Waals surface area contributed by atoms with Crippen molar-refractivity contribution in [3.8, 4) is 0 Å². The van der Waals surface area contributed by atoms with Gasteiger partial charge in [-0.15, -0.1) is 0 Å². The minimum Gasteiger partial charge on any atom is -0.481 e. The molecule has 0 fully saturated rings. The van der Waals surface area contributed by atoms with Crippen molar-refractivity contribution in [3.63, 3.8) is 0 Å². The lowest BCUT2D eigenvalue weighted by molar-refractivity contribution is -0.138. The van der Waals surface area contributed by atoms with Crippen LogP contribution in [0.1, 0.15) is 22.6 Å². The van der Waals surface area contributed by atoms with Crippen molar-refractivity contribution < 1.29 is 27.5 Å². The summed E-state index contributed by atoms with van der Waals surface area (Å²) in [7, 11) is 0. The van der Waals surface area contributed by atoms with Gasteiger partial charge in [-0.25, -0.2) is 4.39 Å². The van der Waals surface area contributed by atoms with Crippen molar-refractivity contribution in [2.75, 3.05) is 0 Å². The standard InChI is InChI=1S/C16H12F4O2/c17-13-7-1-10(2-8-13)9-14(15(21)22)11-3-5-12(6-4-11)16(18,19)20/h1-8,14H,9H2,(H,21,22). The molecule has 2 rings (SSSR count). The number of rotatable bonds is 4. The van der Waals surface area contributed by atoms with Crippen molar-refractivity contribution in [2.45, 2.75) is 18.5 Å². The molecule has 1 N–H and O–H groups in total. The van der Waals surface area contributed by atoms with Crippen molar-refractivity contribution in [3.05, 3.63) is 71.0 Å². The van der Waals surface area contributed by atoms with Gasteiger partial charge in [-0.05, 0) is 41.8 Å². The number of benzene rings is 2. The van der Waals surface area contributed by atoms with E-state index in [4.69, 9.17) is 0 Å². The first-order chi connectivity index (χ1) is 10.3. The Bertz CT molecular complexity index is 645. The van der Waals surface area contributed by atoms with Gasteiger partial charge in [0.25, 0.3) is 0 Å². The maximum Gasteiger partial charge on any atom is 0.416 e. The van der Waals surface area contributed by atoms with Crippen LogP contribution in [0.3, 0.4) is 0 Å². The first kappa shape index (κ1) is 16.0. The Morgan fingerprint density at radius 3 is 2.00 bits per heavy atom. The second kappa shape index (κ2) is 6.17. The van der Waals surface area contributed by atoms with Crippen molar-refractivity contribution >= 4 is 5.97 Å². The summed E-state index contributed by atoms with van der Waals surface area (Å²) in [6.45, 7) is 0. The number of aliphatic carboxylic acids is 1. The highest BCUT2D eigenvalue weighted by molar-refractivity contribution is 5.76. The predicted molar refractivity (Wildman–Crippen MR) is 71.9 cm³/mol. The van der Waals surface area contributed by atoms with Gasteiger partial charge in [-0.3, -0.25) is 4.79 Å². The Labute approximate surface area is 124 Å². The monoisotopic (exact) mass is 312 g/mol. The van der Waals surface area contributed by atoms with Gasteiger partial charge < -0.3 is 5.11 Å². The van der Waals surface area contributed by atoms with Gasteiger partial charge in [0.2, 0.25) is 0 Å². The number of halogens is 4. The average Bonchev–Trinajstić information content (AvgIpc) is 2.45. The van der Waals surface area contributed by atoms with Crippen LogP contribution in [0.15, 0.2) is 48.5 Å². The fraction of sp³-hybridized carbons (Fsp3) is 0.188. The van der Waals surface area contributed by atoms with E-state index >= 15 is 0 Å². The Morgan fingerprint density at radius 1 is 1.00 bits per heavy atom. The molecule has 0 saturated heterocycles. The van der Waals surface area contributed by atoms with E-state index in [1.807, 2.05) is 0 Å². The second-order valence-electron chi connectivity index (χ2n) is 4.84. The summed E-state index contributed by atoms with van der Waals surface area (Å²) in [4.78, 5) is 11.4. The second-order valence-corrected chi connectivity index (χ2v) is 4.84. The number of hydrogen-bond donors (Lipinski definition) is 1. The lowest BCUT2D eigenvalue weighted by atomic mass is 9.91. The van der Waals surface area contributed by atoms with E-state index in [0.29, 0.717) is 5.56 Å². The topological polar surface area (TPSA) is 37.3 Å². The zero-order valence-electron chi connectivity index (χ0n) is 11.3. The van der Waals surface area contributed by atoms with Crippen LogP contribution in [0, 0.1) is 5.82 Å². The largest absolute Gasteiger partial charge is 0.481 e. The molecule has 116 valence electrons. The summed E-state index contributed by atoms with van der Waals surface area (Å²) < 4.78 is 50.4. The molecule has 0 aliphatic heterocycles. The van der Waals surface area contributed by atoms with Crippen LogP contribution in [-0.4, -0.2) is 11.1 Å². The minimum atomic E-state index is -4.46. The van der Waals surface area contributed by atoms with E-state index in [1.54, 1.807) is 0 Å². The van der Waals surface area contributed by atoms with Crippen LogP contribution in [0.5, 0.6) is 0 Å². The molecule has 6 heteroatoms. The van der Waals surface area contributed by atoms with Gasteiger partial charge in [-0.1, -0.05) is 24.3 Å². The Hall–Kier alpha value is -2.37. The van der Waals surface area contributed by atoms with Gasteiger partial charge in [0, 0.05) is 0 Å². The average molecular weight is 312 g/mol. The number of carbonyl (C=O) groups is 1. The third-order valence-corrected chi connectivity index (χ3v) is 3.29. The third kappa shape index (κ3) is 3.84. The lowest BCUT2D eigenvalue weighted by Crippen LogP contribution is -2.15. The van der Waals surface area contributed by atoms with Crippen LogP contribution < -0.4 is 0 Å². The number of carboxylic acid groups (broad SMARTS) is 1. The van der Waals surface area contributed by atoms with Crippen LogP contribution in [-0.2, 0) is 17.4 Å². The molecule has 0 aliphatic rings. The molecule has 0 saturated carbocycles. The fourth-order valence-corrected chi connectivity index (χ4v) is 2.11.